The summed E-state index contributed by atoms with van der Waals surface area (Å²) in [4.78, 5) is 36.2. The standard InChI is InChI=1S/C28H30N2O5/c1-18-8-11-24(16-21(18)4)35-23-12-9-22(10-13-23)29-25(31)14-15-27(33)34-17-26(32)30-28-19(2)6-5-7-20(28)3/h5-13,16H,14-15,17H2,1-4H3,(H,29,31)(H,30,32). The van der Waals surface area contributed by atoms with Crippen molar-refractivity contribution < 1.29 is 23.9 Å². The Morgan fingerprint density at radius 1 is 0.686 bits per heavy atom. The van der Waals surface area contributed by atoms with Crippen LogP contribution in [0.2, 0.25) is 0 Å². The molecule has 0 aliphatic rings. The van der Waals surface area contributed by atoms with Crippen LogP contribution in [-0.4, -0.2) is 24.4 Å². The van der Waals surface area contributed by atoms with E-state index >= 15 is 0 Å². The lowest BCUT2D eigenvalue weighted by atomic mass is 10.1. The lowest BCUT2D eigenvalue weighted by Gasteiger charge is -2.11. The van der Waals surface area contributed by atoms with E-state index in [1.807, 2.05) is 64.1 Å². The fraction of sp³-hybridized carbons (Fsp3) is 0.250. The molecule has 35 heavy (non-hydrogen) atoms. The molecule has 7 heteroatoms. The van der Waals surface area contributed by atoms with Crippen LogP contribution in [0.5, 0.6) is 11.5 Å². The molecule has 3 rings (SSSR count). The van der Waals surface area contributed by atoms with Crippen molar-refractivity contribution in [3.8, 4) is 11.5 Å². The normalized spacial score (nSPS) is 10.4. The molecule has 7 nitrogen and oxygen atoms in total. The number of ether oxygens (including phenoxy) is 2. The second kappa shape index (κ2) is 11.8. The number of rotatable bonds is 9. The average molecular weight is 475 g/mol. The van der Waals surface area contributed by atoms with Gasteiger partial charge >= 0.3 is 5.97 Å². The van der Waals surface area contributed by atoms with E-state index in [0.29, 0.717) is 17.1 Å². The van der Waals surface area contributed by atoms with Crippen LogP contribution < -0.4 is 15.4 Å². The summed E-state index contributed by atoms with van der Waals surface area (Å²) in [5.41, 5.74) is 5.48. The Labute approximate surface area is 205 Å². The summed E-state index contributed by atoms with van der Waals surface area (Å²) < 4.78 is 10.8. The van der Waals surface area contributed by atoms with Crippen molar-refractivity contribution in [2.24, 2.45) is 0 Å². The van der Waals surface area contributed by atoms with Crippen molar-refractivity contribution in [1.82, 2.24) is 0 Å². The third-order valence-electron chi connectivity index (χ3n) is 5.52. The van der Waals surface area contributed by atoms with E-state index in [0.717, 1.165) is 22.4 Å². The van der Waals surface area contributed by atoms with Crippen LogP contribution in [0.3, 0.4) is 0 Å². The van der Waals surface area contributed by atoms with Gasteiger partial charge in [0.25, 0.3) is 5.91 Å². The van der Waals surface area contributed by atoms with Gasteiger partial charge in [0.1, 0.15) is 11.5 Å². The summed E-state index contributed by atoms with van der Waals surface area (Å²) in [6.07, 6.45) is -0.186. The van der Waals surface area contributed by atoms with Crippen LogP contribution in [0.1, 0.15) is 35.1 Å². The zero-order valence-corrected chi connectivity index (χ0v) is 20.4. The Bertz CT molecular complexity index is 1200. The van der Waals surface area contributed by atoms with Gasteiger partial charge in [0, 0.05) is 17.8 Å². The van der Waals surface area contributed by atoms with Crippen molar-refractivity contribution in [1.29, 1.82) is 0 Å². The molecule has 0 aromatic heterocycles. The van der Waals surface area contributed by atoms with Gasteiger partial charge in [0.15, 0.2) is 6.61 Å². The Morgan fingerprint density at radius 3 is 2.00 bits per heavy atom. The van der Waals surface area contributed by atoms with Gasteiger partial charge < -0.3 is 20.1 Å². The molecule has 182 valence electrons. The Balaban J connectivity index is 1.39. The monoisotopic (exact) mass is 474 g/mol. The molecule has 0 spiro atoms. The third-order valence-corrected chi connectivity index (χ3v) is 5.52. The second-order valence-corrected chi connectivity index (χ2v) is 8.40. The van der Waals surface area contributed by atoms with Gasteiger partial charge in [-0.1, -0.05) is 24.3 Å². The smallest absolute Gasteiger partial charge is 0.306 e. The van der Waals surface area contributed by atoms with Crippen molar-refractivity contribution in [3.63, 3.8) is 0 Å². The van der Waals surface area contributed by atoms with E-state index in [1.54, 1.807) is 24.3 Å². The first kappa shape index (κ1) is 25.5. The molecule has 0 bridgehead atoms. The largest absolute Gasteiger partial charge is 0.457 e. The van der Waals surface area contributed by atoms with Crippen LogP contribution in [0.15, 0.2) is 60.7 Å². The van der Waals surface area contributed by atoms with Crippen LogP contribution >= 0.6 is 0 Å². The Kier molecular flexibility index (Phi) is 8.62. The minimum Gasteiger partial charge on any atom is -0.457 e. The first-order chi connectivity index (χ1) is 16.7. The molecule has 0 radical (unpaired) electrons. The van der Waals surface area contributed by atoms with E-state index in [9.17, 15) is 14.4 Å². The Morgan fingerprint density at radius 2 is 1.34 bits per heavy atom. The highest BCUT2D eigenvalue weighted by Crippen LogP contribution is 2.25. The number of amides is 2. The fourth-order valence-electron chi connectivity index (χ4n) is 3.36. The summed E-state index contributed by atoms with van der Waals surface area (Å²) in [6.45, 7) is 7.44. The van der Waals surface area contributed by atoms with Crippen LogP contribution in [-0.2, 0) is 19.1 Å². The molecule has 3 aromatic carbocycles. The van der Waals surface area contributed by atoms with Gasteiger partial charge in [0.2, 0.25) is 5.91 Å². The van der Waals surface area contributed by atoms with Gasteiger partial charge in [-0.2, -0.15) is 0 Å². The number of hydrogen-bond donors (Lipinski definition) is 2. The summed E-state index contributed by atoms with van der Waals surface area (Å²) in [5, 5.41) is 5.48. The average Bonchev–Trinajstić information content (AvgIpc) is 2.82. The van der Waals surface area contributed by atoms with Gasteiger partial charge in [-0.25, -0.2) is 0 Å². The SMILES string of the molecule is Cc1ccc(Oc2ccc(NC(=O)CCC(=O)OCC(=O)Nc3c(C)cccc3C)cc2)cc1C. The molecule has 2 N–H and O–H groups in total. The molecule has 3 aromatic rings. The van der Waals surface area contributed by atoms with Crippen molar-refractivity contribution in [2.75, 3.05) is 17.2 Å². The summed E-state index contributed by atoms with van der Waals surface area (Å²) in [7, 11) is 0. The molecule has 0 aliphatic heterocycles. The molecular formula is C28H30N2O5. The predicted octanol–water partition coefficient (Wildman–Crippen LogP) is 5.61. The number of nitrogens with one attached hydrogen (secondary N) is 2. The molecule has 0 saturated heterocycles. The topological polar surface area (TPSA) is 93.7 Å². The Hall–Kier alpha value is -4.13. The first-order valence-corrected chi connectivity index (χ1v) is 11.4. The summed E-state index contributed by atoms with van der Waals surface area (Å²) >= 11 is 0. The third kappa shape index (κ3) is 7.71. The number of anilines is 2. The van der Waals surface area contributed by atoms with Crippen LogP contribution in [0.25, 0.3) is 0 Å². The summed E-state index contributed by atoms with van der Waals surface area (Å²) in [5.74, 6) is 0.0159. The molecule has 0 fully saturated rings. The highest BCUT2D eigenvalue weighted by molar-refractivity contribution is 5.95. The van der Waals surface area contributed by atoms with Crippen molar-refractivity contribution >= 4 is 29.2 Å². The lowest BCUT2D eigenvalue weighted by molar-refractivity contribution is -0.147. The maximum atomic E-state index is 12.2. The predicted molar refractivity (Wildman–Crippen MR) is 136 cm³/mol. The zero-order chi connectivity index (χ0) is 25.4. The highest BCUT2D eigenvalue weighted by Gasteiger charge is 2.12. The molecule has 0 atom stereocenters. The maximum absolute atomic E-state index is 12.2. The number of hydrogen-bond acceptors (Lipinski definition) is 5. The molecule has 0 aliphatic carbocycles. The van der Waals surface area contributed by atoms with E-state index in [2.05, 4.69) is 10.6 Å². The van der Waals surface area contributed by atoms with Gasteiger partial charge in [-0.3, -0.25) is 14.4 Å². The lowest BCUT2D eigenvalue weighted by Crippen LogP contribution is -2.22. The number of para-hydroxylation sites is 1. The van der Waals surface area contributed by atoms with Crippen LogP contribution in [0, 0.1) is 27.7 Å². The van der Waals surface area contributed by atoms with E-state index < -0.39 is 18.5 Å². The molecule has 0 saturated carbocycles. The minimum absolute atomic E-state index is 0.0573. The maximum Gasteiger partial charge on any atom is 0.306 e. The second-order valence-electron chi connectivity index (χ2n) is 8.40. The zero-order valence-electron chi connectivity index (χ0n) is 20.4. The van der Waals surface area contributed by atoms with Crippen molar-refractivity contribution in [3.05, 3.63) is 82.9 Å². The van der Waals surface area contributed by atoms with E-state index in [1.165, 1.54) is 5.56 Å². The van der Waals surface area contributed by atoms with E-state index in [4.69, 9.17) is 9.47 Å². The number of aryl methyl sites for hydroxylation is 4. The van der Waals surface area contributed by atoms with E-state index in [-0.39, 0.29) is 18.7 Å². The van der Waals surface area contributed by atoms with Gasteiger partial charge in [-0.15, -0.1) is 0 Å². The highest BCUT2D eigenvalue weighted by atomic mass is 16.5. The minimum atomic E-state index is -0.617. The number of carbonyl (C=O) groups excluding carboxylic acids is 3. The quantitative estimate of drug-likeness (QED) is 0.393. The van der Waals surface area contributed by atoms with Gasteiger partial charge in [-0.05, 0) is 86.3 Å². The molecule has 0 unspecified atom stereocenters. The molecule has 2 amide bonds. The molecule has 0 heterocycles. The number of esters is 1. The summed E-state index contributed by atoms with van der Waals surface area (Å²) in [6, 6.07) is 18.5. The first-order valence-electron chi connectivity index (χ1n) is 11.4. The van der Waals surface area contributed by atoms with Gasteiger partial charge in [0.05, 0.1) is 6.42 Å². The number of carbonyl (C=O) groups is 3. The number of benzene rings is 3. The van der Waals surface area contributed by atoms with Crippen molar-refractivity contribution in [2.45, 2.75) is 40.5 Å². The van der Waals surface area contributed by atoms with Crippen LogP contribution in [0.4, 0.5) is 11.4 Å². The molecular weight excluding hydrogens is 444 g/mol. The fourth-order valence-corrected chi connectivity index (χ4v) is 3.36.